The quantitative estimate of drug-likeness (QED) is 0.780. The lowest BCUT2D eigenvalue weighted by molar-refractivity contribution is 0.317. The molecule has 1 fully saturated rings. The number of allylic oxidation sites excluding steroid dienone is 1. The molecule has 2 heteroatoms. The third kappa shape index (κ3) is 3.40. The van der Waals surface area contributed by atoms with Gasteiger partial charge in [0.1, 0.15) is 0 Å². The number of pyridine rings is 1. The maximum atomic E-state index is 4.14. The van der Waals surface area contributed by atoms with Gasteiger partial charge < -0.3 is 0 Å². The molecule has 1 unspecified atom stereocenters. The minimum Gasteiger partial charge on any atom is -0.299 e. The van der Waals surface area contributed by atoms with Crippen molar-refractivity contribution >= 4 is 6.08 Å². The van der Waals surface area contributed by atoms with E-state index in [4.69, 9.17) is 0 Å². The summed E-state index contributed by atoms with van der Waals surface area (Å²) in [7, 11) is 2.19. The van der Waals surface area contributed by atoms with E-state index >= 15 is 0 Å². The summed E-state index contributed by atoms with van der Waals surface area (Å²) in [5.74, 6) is 0. The van der Waals surface area contributed by atoms with Crippen molar-refractivity contribution in [2.24, 2.45) is 0 Å². The van der Waals surface area contributed by atoms with E-state index in [0.29, 0.717) is 6.04 Å². The van der Waals surface area contributed by atoms with Crippen molar-refractivity contribution in [3.8, 4) is 0 Å². The van der Waals surface area contributed by atoms with E-state index < -0.39 is 0 Å². The molecule has 0 radical (unpaired) electrons. The Morgan fingerprint density at radius 3 is 2.76 bits per heavy atom. The zero-order valence-electron chi connectivity index (χ0n) is 12.6. The predicted molar refractivity (Wildman–Crippen MR) is 88.0 cm³/mol. The van der Waals surface area contributed by atoms with Crippen LogP contribution in [-0.4, -0.2) is 23.5 Å². The first-order chi connectivity index (χ1) is 10.3. The monoisotopic (exact) mass is 278 g/mol. The lowest BCUT2D eigenvalue weighted by Gasteiger charge is -2.18. The second-order valence-corrected chi connectivity index (χ2v) is 5.73. The van der Waals surface area contributed by atoms with Gasteiger partial charge in [-0.2, -0.15) is 0 Å². The molecule has 1 aromatic heterocycles. The second-order valence-electron chi connectivity index (χ2n) is 5.73. The molecule has 1 aliphatic heterocycles. The van der Waals surface area contributed by atoms with Gasteiger partial charge in [0, 0.05) is 18.4 Å². The van der Waals surface area contributed by atoms with Crippen LogP contribution in [0, 0.1) is 0 Å². The molecule has 0 saturated carbocycles. The molecule has 2 aliphatic rings. The van der Waals surface area contributed by atoms with Crippen molar-refractivity contribution < 1.29 is 0 Å². The van der Waals surface area contributed by atoms with Gasteiger partial charge in [0.15, 0.2) is 0 Å². The van der Waals surface area contributed by atoms with Gasteiger partial charge in [0.2, 0.25) is 0 Å². The topological polar surface area (TPSA) is 16.1 Å². The summed E-state index contributed by atoms with van der Waals surface area (Å²) in [4.78, 5) is 6.54. The van der Waals surface area contributed by atoms with Gasteiger partial charge in [-0.25, -0.2) is 0 Å². The van der Waals surface area contributed by atoms with Crippen molar-refractivity contribution in [1.29, 1.82) is 0 Å². The molecule has 2 heterocycles. The molecule has 0 bridgehead atoms. The van der Waals surface area contributed by atoms with Crippen LogP contribution in [0.4, 0.5) is 0 Å². The van der Waals surface area contributed by atoms with E-state index in [-0.39, 0.29) is 0 Å². The molecule has 2 aromatic rings. The molecule has 1 aromatic carbocycles. The molecule has 1 aliphatic carbocycles. The van der Waals surface area contributed by atoms with Crippen molar-refractivity contribution in [2.45, 2.75) is 25.3 Å². The van der Waals surface area contributed by atoms with Crippen LogP contribution in [0.2, 0.25) is 0 Å². The highest BCUT2D eigenvalue weighted by atomic mass is 15.1. The van der Waals surface area contributed by atoms with Gasteiger partial charge in [-0.15, -0.1) is 0 Å². The normalized spacial score (nSPS) is 20.0. The Kier molecular flexibility index (Phi) is 4.46. The van der Waals surface area contributed by atoms with Gasteiger partial charge in [-0.05, 0) is 55.6 Å². The molecule has 0 spiro atoms. The molecule has 4 rings (SSSR count). The number of rotatable bonds is 1. The predicted octanol–water partition coefficient (Wildman–Crippen LogP) is 4.10. The fourth-order valence-electron chi connectivity index (χ4n) is 3.10. The Morgan fingerprint density at radius 1 is 1.14 bits per heavy atom. The highest BCUT2D eigenvalue weighted by Gasteiger charge is 2.21. The maximum Gasteiger partial charge on any atom is 0.0360 e. The molecular weight excluding hydrogens is 256 g/mol. The van der Waals surface area contributed by atoms with E-state index in [1.807, 2.05) is 18.5 Å². The lowest BCUT2D eigenvalue weighted by Crippen LogP contribution is -2.17. The van der Waals surface area contributed by atoms with E-state index in [9.17, 15) is 0 Å². The van der Waals surface area contributed by atoms with Crippen molar-refractivity contribution in [3.63, 3.8) is 0 Å². The number of hydrogen-bond acceptors (Lipinski definition) is 2. The number of nitrogens with zero attached hydrogens (tertiary/aromatic N) is 2. The highest BCUT2D eigenvalue weighted by molar-refractivity contribution is 5.59. The average molecular weight is 278 g/mol. The number of likely N-dealkylation sites (tertiary alicyclic amines) is 1. The second kappa shape index (κ2) is 6.68. The fraction of sp³-hybridized carbons (Fsp3) is 0.316. The Morgan fingerprint density at radius 2 is 2.05 bits per heavy atom. The number of fused-ring (bicyclic) bond motifs is 1. The fourth-order valence-corrected chi connectivity index (χ4v) is 3.10. The molecule has 1 saturated heterocycles. The third-order valence-corrected chi connectivity index (χ3v) is 4.28. The molecule has 1 atom stereocenters. The summed E-state index contributed by atoms with van der Waals surface area (Å²) in [6.45, 7) is 1.22. The first-order valence-electron chi connectivity index (χ1n) is 7.69. The largest absolute Gasteiger partial charge is 0.299 e. The highest BCUT2D eigenvalue weighted by Crippen LogP contribution is 2.29. The van der Waals surface area contributed by atoms with Gasteiger partial charge in [-0.3, -0.25) is 9.88 Å². The van der Waals surface area contributed by atoms with Crippen LogP contribution >= 0.6 is 0 Å². The average Bonchev–Trinajstić information content (AvgIpc) is 3.17. The first-order valence-corrected chi connectivity index (χ1v) is 7.69. The third-order valence-electron chi connectivity index (χ3n) is 4.28. The zero-order valence-corrected chi connectivity index (χ0v) is 12.6. The summed E-state index contributed by atoms with van der Waals surface area (Å²) < 4.78 is 0. The van der Waals surface area contributed by atoms with Gasteiger partial charge >= 0.3 is 0 Å². The minimum atomic E-state index is 0.610. The standard InChI is InChI=1S/C10H14N2.C9H8/c1-12-7-3-5-10(12)9-4-2-6-11-8-9;1-2-5-9-7-3-6-8(9)4-1/h2,4,6,8,10H,3,5,7H2,1H3;1-6H,7H2. The summed E-state index contributed by atoms with van der Waals surface area (Å²) in [6, 6.07) is 13.3. The Balaban J connectivity index is 0.000000131. The van der Waals surface area contributed by atoms with Crippen LogP contribution < -0.4 is 0 Å². The SMILES string of the molecule is C1=Cc2ccccc2C1.CN1CCCC1c1cccnc1. The molecular formula is C19H22N2. The van der Waals surface area contributed by atoms with Crippen molar-refractivity contribution in [3.05, 3.63) is 71.6 Å². The Hall–Kier alpha value is -1.93. The first kappa shape index (κ1) is 14.0. The Labute approximate surface area is 127 Å². The molecule has 0 amide bonds. The summed E-state index contributed by atoms with van der Waals surface area (Å²) >= 11 is 0. The lowest BCUT2D eigenvalue weighted by atomic mass is 10.1. The Bertz CT molecular complexity index is 604. The van der Waals surface area contributed by atoms with Gasteiger partial charge in [0.25, 0.3) is 0 Å². The minimum absolute atomic E-state index is 0.610. The van der Waals surface area contributed by atoms with Crippen LogP contribution in [0.25, 0.3) is 6.08 Å². The van der Waals surface area contributed by atoms with Crippen LogP contribution in [0.1, 0.15) is 35.6 Å². The van der Waals surface area contributed by atoms with Crippen LogP contribution in [0.3, 0.4) is 0 Å². The maximum absolute atomic E-state index is 4.14. The van der Waals surface area contributed by atoms with Gasteiger partial charge in [-0.1, -0.05) is 42.5 Å². The molecule has 2 nitrogen and oxygen atoms in total. The smallest absolute Gasteiger partial charge is 0.0360 e. The molecule has 108 valence electrons. The number of benzene rings is 1. The zero-order chi connectivity index (χ0) is 14.5. The number of hydrogen-bond donors (Lipinski definition) is 0. The van der Waals surface area contributed by atoms with E-state index in [2.05, 4.69) is 59.4 Å². The van der Waals surface area contributed by atoms with Crippen LogP contribution in [0.5, 0.6) is 0 Å². The molecule has 21 heavy (non-hydrogen) atoms. The van der Waals surface area contributed by atoms with Crippen LogP contribution in [0.15, 0.2) is 54.9 Å². The van der Waals surface area contributed by atoms with Gasteiger partial charge in [0.05, 0.1) is 0 Å². The number of aromatic nitrogens is 1. The summed E-state index contributed by atoms with van der Waals surface area (Å²) in [5, 5.41) is 0. The van der Waals surface area contributed by atoms with Crippen LogP contribution in [-0.2, 0) is 6.42 Å². The van der Waals surface area contributed by atoms with Crippen molar-refractivity contribution in [1.82, 2.24) is 9.88 Å². The summed E-state index contributed by atoms with van der Waals surface area (Å²) in [5.41, 5.74) is 4.20. The van der Waals surface area contributed by atoms with E-state index in [1.54, 1.807) is 0 Å². The van der Waals surface area contributed by atoms with E-state index in [0.717, 1.165) is 6.42 Å². The molecule has 0 N–H and O–H groups in total. The van der Waals surface area contributed by atoms with Crippen molar-refractivity contribution in [2.75, 3.05) is 13.6 Å². The van der Waals surface area contributed by atoms with E-state index in [1.165, 1.54) is 36.1 Å². The summed E-state index contributed by atoms with van der Waals surface area (Å²) in [6.07, 6.45) is 11.9.